The Kier molecular flexibility index (Phi) is 7.31. The number of nitrogens with two attached hydrogens (primary N) is 1. The SMILES string of the molecule is NCCC[C@@](O)(C(=O)O)N(C#P=O)C#P=O. The van der Waals surface area contributed by atoms with E-state index in [4.69, 9.17) is 10.8 Å². The first kappa shape index (κ1) is 15.4. The molecular weight excluding hydrogens is 254 g/mol. The normalized spacial score (nSPS) is 13.4. The first-order chi connectivity index (χ1) is 7.52. The second kappa shape index (κ2) is 7.61. The number of carbonyl (C=O) groups is 1. The Balaban J connectivity index is 5.30. The molecule has 16 heavy (non-hydrogen) atoms. The van der Waals surface area contributed by atoms with Crippen LogP contribution in [0.2, 0.25) is 0 Å². The first-order valence-corrected chi connectivity index (χ1v) is 5.77. The van der Waals surface area contributed by atoms with Crippen LogP contribution < -0.4 is 5.73 Å². The number of nitrogens with zero attached hydrogens (tertiary/aromatic N) is 1. The van der Waals surface area contributed by atoms with Gasteiger partial charge in [-0.1, -0.05) is 0 Å². The summed E-state index contributed by atoms with van der Waals surface area (Å²) in [5.41, 5.74) is 2.80. The molecular formula is C7H10N2O5P2. The Bertz CT molecular complexity index is 427. The Hall–Kier alpha value is -0.630. The molecule has 0 heterocycles. The van der Waals surface area contributed by atoms with Crippen LogP contribution in [0.1, 0.15) is 12.8 Å². The third-order valence-electron chi connectivity index (χ3n) is 1.72. The molecule has 0 amide bonds. The molecule has 0 aliphatic rings. The van der Waals surface area contributed by atoms with Gasteiger partial charge >= 0.3 is 93.2 Å². The molecule has 0 aliphatic heterocycles. The topological polar surface area (TPSA) is 121 Å². The monoisotopic (exact) mass is 264 g/mol. The van der Waals surface area contributed by atoms with Crippen molar-refractivity contribution < 1.29 is 24.1 Å². The molecule has 0 radical (unpaired) electrons. The average molecular weight is 264 g/mol. The predicted molar refractivity (Wildman–Crippen MR) is 55.7 cm³/mol. The summed E-state index contributed by atoms with van der Waals surface area (Å²) in [5, 5.41) is 18.7. The number of aliphatic hydroxyl groups is 1. The number of hydrogen-bond donors (Lipinski definition) is 3. The molecule has 0 aromatic carbocycles. The summed E-state index contributed by atoms with van der Waals surface area (Å²) in [7, 11) is -1.32. The van der Waals surface area contributed by atoms with Gasteiger partial charge in [0.25, 0.3) is 0 Å². The molecule has 4 N–H and O–H groups in total. The molecule has 0 bridgehead atoms. The number of carboxylic acid groups (broad SMARTS) is 1. The summed E-state index contributed by atoms with van der Waals surface area (Å²) in [6.07, 6.45) is -0.0158. The Morgan fingerprint density at radius 3 is 2.19 bits per heavy atom. The molecule has 0 unspecified atom stereocenters. The van der Waals surface area contributed by atoms with Crippen LogP contribution in [-0.4, -0.2) is 33.4 Å². The van der Waals surface area contributed by atoms with Crippen molar-refractivity contribution in [2.24, 2.45) is 5.73 Å². The van der Waals surface area contributed by atoms with Crippen LogP contribution in [0, 0.1) is 11.5 Å². The van der Waals surface area contributed by atoms with E-state index in [1.807, 2.05) is 11.5 Å². The first-order valence-electron chi connectivity index (χ1n) is 4.15. The molecule has 0 saturated heterocycles. The van der Waals surface area contributed by atoms with E-state index in [2.05, 4.69) is 0 Å². The van der Waals surface area contributed by atoms with Crippen molar-refractivity contribution in [1.82, 2.24) is 4.90 Å². The van der Waals surface area contributed by atoms with Crippen molar-refractivity contribution in [3.05, 3.63) is 0 Å². The summed E-state index contributed by atoms with van der Waals surface area (Å²) in [6, 6.07) is 0. The molecule has 0 aliphatic carbocycles. The number of rotatable bonds is 5. The molecule has 0 rings (SSSR count). The molecule has 0 aromatic heterocycles. The van der Waals surface area contributed by atoms with Gasteiger partial charge in [0.1, 0.15) is 0 Å². The molecule has 0 fully saturated rings. The van der Waals surface area contributed by atoms with E-state index < -0.39 is 27.5 Å². The van der Waals surface area contributed by atoms with Crippen molar-refractivity contribution in [2.45, 2.75) is 18.6 Å². The van der Waals surface area contributed by atoms with Gasteiger partial charge in [-0.05, 0) is 0 Å². The summed E-state index contributed by atoms with van der Waals surface area (Å²) in [5.74, 6) is 2.36. The fraction of sp³-hybridized carbons (Fsp3) is 0.571. The Morgan fingerprint density at radius 1 is 1.38 bits per heavy atom. The van der Waals surface area contributed by atoms with E-state index in [1.54, 1.807) is 0 Å². The van der Waals surface area contributed by atoms with Gasteiger partial charge in [0.15, 0.2) is 0 Å². The van der Waals surface area contributed by atoms with Gasteiger partial charge in [-0.2, -0.15) is 0 Å². The fourth-order valence-electron chi connectivity index (χ4n) is 0.932. The van der Waals surface area contributed by atoms with Crippen molar-refractivity contribution >= 4 is 21.8 Å². The van der Waals surface area contributed by atoms with Crippen LogP contribution in [-0.2, 0) is 13.9 Å². The minimum absolute atomic E-state index is 0.174. The molecule has 9 heteroatoms. The van der Waals surface area contributed by atoms with Crippen molar-refractivity contribution in [1.29, 1.82) is 0 Å². The van der Waals surface area contributed by atoms with E-state index in [0.717, 1.165) is 0 Å². The fourth-order valence-corrected chi connectivity index (χ4v) is 1.61. The second-order valence-corrected chi connectivity index (χ2v) is 3.50. The van der Waals surface area contributed by atoms with Crippen molar-refractivity contribution in [3.63, 3.8) is 0 Å². The molecule has 1 atom stereocenters. The summed E-state index contributed by atoms with van der Waals surface area (Å²) < 4.78 is 20.6. The van der Waals surface area contributed by atoms with E-state index in [0.29, 0.717) is 4.90 Å². The van der Waals surface area contributed by atoms with Gasteiger partial charge in [0, 0.05) is 0 Å². The quantitative estimate of drug-likeness (QED) is 0.369. The third kappa shape index (κ3) is 4.09. The van der Waals surface area contributed by atoms with Gasteiger partial charge in [0.05, 0.1) is 0 Å². The van der Waals surface area contributed by atoms with Crippen LogP contribution in [0.15, 0.2) is 0 Å². The zero-order chi connectivity index (χ0) is 12.6. The standard InChI is InChI=1S/C7H10N2O5P2/c8-3-1-2-7(12,6(10)11)9(4-15-13)5-16-14/h12H,1-3,8H2,(H,10,11)/t7-/m1/s1. The van der Waals surface area contributed by atoms with Gasteiger partial charge < -0.3 is 0 Å². The van der Waals surface area contributed by atoms with Gasteiger partial charge in [-0.25, -0.2) is 0 Å². The van der Waals surface area contributed by atoms with E-state index >= 15 is 0 Å². The molecule has 0 spiro atoms. The molecule has 7 nitrogen and oxygen atoms in total. The van der Waals surface area contributed by atoms with Crippen LogP contribution in [0.5, 0.6) is 0 Å². The molecule has 88 valence electrons. The zero-order valence-electron chi connectivity index (χ0n) is 8.16. The van der Waals surface area contributed by atoms with Gasteiger partial charge in [-0.3, -0.25) is 0 Å². The summed E-state index contributed by atoms with van der Waals surface area (Å²) >= 11 is 0. The van der Waals surface area contributed by atoms with E-state index in [1.165, 1.54) is 0 Å². The maximum absolute atomic E-state index is 10.9. The van der Waals surface area contributed by atoms with E-state index in [9.17, 15) is 19.0 Å². The third-order valence-corrected chi connectivity index (χ3v) is 2.29. The zero-order valence-corrected chi connectivity index (χ0v) is 9.95. The summed E-state index contributed by atoms with van der Waals surface area (Å²) in [4.78, 5) is 11.4. The number of aliphatic carboxylic acids is 1. The predicted octanol–water partition coefficient (Wildman–Crippen LogP) is 0.217. The van der Waals surface area contributed by atoms with Gasteiger partial charge in [-0.15, -0.1) is 0 Å². The number of hydrogen-bond acceptors (Lipinski definition) is 6. The Labute approximate surface area is 93.9 Å². The van der Waals surface area contributed by atoms with Crippen LogP contribution >= 0.6 is 15.8 Å². The molecule has 0 aromatic rings. The van der Waals surface area contributed by atoms with E-state index in [-0.39, 0.29) is 19.4 Å². The molecule has 0 saturated carbocycles. The average Bonchev–Trinajstić information content (AvgIpc) is 2.25. The Morgan fingerprint density at radius 2 is 1.88 bits per heavy atom. The van der Waals surface area contributed by atoms with Crippen LogP contribution in [0.25, 0.3) is 0 Å². The number of carboxylic acids is 1. The summed E-state index contributed by atoms with van der Waals surface area (Å²) in [6.45, 7) is 0.174. The maximum atomic E-state index is 10.9. The van der Waals surface area contributed by atoms with Crippen LogP contribution in [0.4, 0.5) is 0 Å². The minimum atomic E-state index is -2.39. The second-order valence-electron chi connectivity index (χ2n) is 2.73. The van der Waals surface area contributed by atoms with Crippen LogP contribution in [0.3, 0.4) is 0 Å². The van der Waals surface area contributed by atoms with Gasteiger partial charge in [0.2, 0.25) is 0 Å². The van der Waals surface area contributed by atoms with Crippen molar-refractivity contribution in [3.8, 4) is 11.5 Å². The van der Waals surface area contributed by atoms with Crippen molar-refractivity contribution in [2.75, 3.05) is 6.54 Å².